The molecule has 0 bridgehead atoms. The molecule has 7 heteroatoms. The van der Waals surface area contributed by atoms with E-state index in [-0.39, 0.29) is 11.9 Å². The van der Waals surface area contributed by atoms with Crippen LogP contribution in [0.5, 0.6) is 5.75 Å². The lowest BCUT2D eigenvalue weighted by atomic mass is 9.97. The smallest absolute Gasteiger partial charge is 0.223 e. The fourth-order valence-corrected chi connectivity index (χ4v) is 3.89. The number of ether oxygens (including phenoxy) is 1. The number of amides is 1. The average molecular weight is 391 g/mol. The number of aryl methyl sites for hydroxylation is 1. The van der Waals surface area contributed by atoms with E-state index >= 15 is 0 Å². The van der Waals surface area contributed by atoms with Crippen molar-refractivity contribution in [2.75, 3.05) is 19.4 Å². The minimum Gasteiger partial charge on any atom is -0.497 e. The second-order valence-corrected chi connectivity index (χ2v) is 7.31. The summed E-state index contributed by atoms with van der Waals surface area (Å²) in [6, 6.07) is 11.7. The van der Waals surface area contributed by atoms with E-state index in [1.165, 1.54) is 6.33 Å². The molecule has 0 saturated carbocycles. The number of benzene rings is 1. The molecule has 7 nitrogen and oxygen atoms in total. The first-order chi connectivity index (χ1) is 14.2. The highest BCUT2D eigenvalue weighted by molar-refractivity contribution is 5.85. The summed E-state index contributed by atoms with van der Waals surface area (Å²) in [6.07, 6.45) is 5.62. The Hall–Kier alpha value is -3.22. The van der Waals surface area contributed by atoms with Crippen molar-refractivity contribution >= 4 is 22.8 Å². The monoisotopic (exact) mass is 391 g/mol. The first-order valence-corrected chi connectivity index (χ1v) is 9.95. The Morgan fingerprint density at radius 1 is 1.17 bits per heavy atom. The van der Waals surface area contributed by atoms with Crippen molar-refractivity contribution in [1.29, 1.82) is 0 Å². The molecule has 0 aliphatic carbocycles. The average Bonchev–Trinajstić information content (AvgIpc) is 2.78. The first kappa shape index (κ1) is 19.1. The van der Waals surface area contributed by atoms with Crippen LogP contribution in [0.25, 0.3) is 11.0 Å². The number of methoxy groups -OCH3 is 1. The van der Waals surface area contributed by atoms with E-state index in [0.717, 1.165) is 48.2 Å². The summed E-state index contributed by atoms with van der Waals surface area (Å²) in [6.45, 7) is 0.762. The molecule has 1 saturated heterocycles. The lowest BCUT2D eigenvalue weighted by Gasteiger charge is -2.35. The van der Waals surface area contributed by atoms with E-state index in [2.05, 4.69) is 9.97 Å². The van der Waals surface area contributed by atoms with Crippen LogP contribution in [-0.4, -0.2) is 39.4 Å². The first-order valence-electron chi connectivity index (χ1n) is 9.95. The Bertz CT molecular complexity index is 1010. The van der Waals surface area contributed by atoms with Gasteiger partial charge in [0.25, 0.3) is 0 Å². The van der Waals surface area contributed by atoms with Gasteiger partial charge in [0.05, 0.1) is 24.2 Å². The minimum atomic E-state index is -0.0206. The van der Waals surface area contributed by atoms with Crippen molar-refractivity contribution in [2.24, 2.45) is 0 Å². The zero-order valence-electron chi connectivity index (χ0n) is 16.5. The third kappa shape index (κ3) is 4.13. The van der Waals surface area contributed by atoms with Gasteiger partial charge in [-0.15, -0.1) is 0 Å². The van der Waals surface area contributed by atoms with Crippen LogP contribution in [0.4, 0.5) is 5.82 Å². The number of aromatic nitrogens is 3. The number of nitrogen functional groups attached to an aromatic ring is 1. The Balaban J connectivity index is 1.50. The van der Waals surface area contributed by atoms with Crippen LogP contribution in [0.2, 0.25) is 0 Å². The predicted octanol–water partition coefficient (Wildman–Crippen LogP) is 3.30. The van der Waals surface area contributed by atoms with E-state index in [0.29, 0.717) is 24.3 Å². The Morgan fingerprint density at radius 2 is 2.00 bits per heavy atom. The Labute approximate surface area is 169 Å². The van der Waals surface area contributed by atoms with Crippen molar-refractivity contribution < 1.29 is 9.53 Å². The largest absolute Gasteiger partial charge is 0.497 e. The topological polar surface area (TPSA) is 94.2 Å². The third-order valence-corrected chi connectivity index (χ3v) is 5.50. The summed E-state index contributed by atoms with van der Waals surface area (Å²) in [7, 11) is 1.65. The molecule has 1 aliphatic heterocycles. The third-order valence-electron chi connectivity index (χ3n) is 5.50. The second-order valence-electron chi connectivity index (χ2n) is 7.31. The van der Waals surface area contributed by atoms with Crippen LogP contribution >= 0.6 is 0 Å². The molecule has 2 aromatic heterocycles. The number of likely N-dealkylation sites (tertiary alicyclic amines) is 1. The highest BCUT2D eigenvalue weighted by atomic mass is 16.5. The number of piperidine rings is 1. The zero-order chi connectivity index (χ0) is 20.2. The maximum absolute atomic E-state index is 13.0. The number of anilines is 1. The molecule has 1 unspecified atom stereocenters. The minimum absolute atomic E-state index is 0.0206. The van der Waals surface area contributed by atoms with Gasteiger partial charge in [0, 0.05) is 13.0 Å². The van der Waals surface area contributed by atoms with Gasteiger partial charge in [-0.2, -0.15) is 0 Å². The summed E-state index contributed by atoms with van der Waals surface area (Å²) in [5.41, 5.74) is 8.48. The predicted molar refractivity (Wildman–Crippen MR) is 111 cm³/mol. The number of carbonyl (C=O) groups excluding carboxylic acids is 1. The quantitative estimate of drug-likeness (QED) is 0.717. The molecule has 0 spiro atoms. The lowest BCUT2D eigenvalue weighted by Crippen LogP contribution is -2.39. The SMILES string of the molecule is COc1ccc(CCC(=O)N2CCCCC2c2ccc3c(N)ncnc3n2)cc1. The molecule has 1 amide bonds. The van der Waals surface area contributed by atoms with Gasteiger partial charge in [-0.25, -0.2) is 15.0 Å². The van der Waals surface area contributed by atoms with Crippen LogP contribution in [0, 0.1) is 0 Å². The number of hydrogen-bond donors (Lipinski definition) is 1. The molecule has 1 atom stereocenters. The van der Waals surface area contributed by atoms with Crippen LogP contribution in [0.1, 0.15) is 43.0 Å². The molecule has 1 fully saturated rings. The fourth-order valence-electron chi connectivity index (χ4n) is 3.89. The maximum Gasteiger partial charge on any atom is 0.223 e. The van der Waals surface area contributed by atoms with E-state index in [9.17, 15) is 4.79 Å². The van der Waals surface area contributed by atoms with E-state index in [1.54, 1.807) is 7.11 Å². The van der Waals surface area contributed by atoms with Gasteiger partial charge in [0.15, 0.2) is 5.65 Å². The van der Waals surface area contributed by atoms with Gasteiger partial charge < -0.3 is 15.4 Å². The van der Waals surface area contributed by atoms with Crippen LogP contribution in [0.15, 0.2) is 42.7 Å². The van der Waals surface area contributed by atoms with Crippen LogP contribution in [-0.2, 0) is 11.2 Å². The fraction of sp³-hybridized carbons (Fsp3) is 0.364. The summed E-state index contributed by atoms with van der Waals surface area (Å²) in [5.74, 6) is 1.41. The summed E-state index contributed by atoms with van der Waals surface area (Å²) in [4.78, 5) is 27.9. The van der Waals surface area contributed by atoms with Gasteiger partial charge >= 0.3 is 0 Å². The molecule has 1 aromatic carbocycles. The van der Waals surface area contributed by atoms with Crippen molar-refractivity contribution in [1.82, 2.24) is 19.9 Å². The molecule has 150 valence electrons. The summed E-state index contributed by atoms with van der Waals surface area (Å²) < 4.78 is 5.19. The number of nitrogens with two attached hydrogens (primary N) is 1. The van der Waals surface area contributed by atoms with Gasteiger partial charge in [-0.05, 0) is 55.5 Å². The molecular formula is C22H25N5O2. The van der Waals surface area contributed by atoms with Crippen molar-refractivity contribution in [3.63, 3.8) is 0 Å². The van der Waals surface area contributed by atoms with Gasteiger partial charge in [0.1, 0.15) is 17.9 Å². The van der Waals surface area contributed by atoms with Crippen molar-refractivity contribution in [2.45, 2.75) is 38.1 Å². The highest BCUT2D eigenvalue weighted by Crippen LogP contribution is 2.31. The zero-order valence-corrected chi connectivity index (χ0v) is 16.5. The molecule has 4 rings (SSSR count). The van der Waals surface area contributed by atoms with Crippen LogP contribution in [0.3, 0.4) is 0 Å². The number of nitrogens with zero attached hydrogens (tertiary/aromatic N) is 4. The van der Waals surface area contributed by atoms with Crippen LogP contribution < -0.4 is 10.5 Å². The molecule has 29 heavy (non-hydrogen) atoms. The number of carbonyl (C=O) groups is 1. The van der Waals surface area contributed by atoms with Gasteiger partial charge in [0.2, 0.25) is 5.91 Å². The number of pyridine rings is 1. The Kier molecular flexibility index (Phi) is 5.55. The summed E-state index contributed by atoms with van der Waals surface area (Å²) >= 11 is 0. The van der Waals surface area contributed by atoms with E-state index in [1.807, 2.05) is 41.3 Å². The maximum atomic E-state index is 13.0. The second kappa shape index (κ2) is 8.43. The Morgan fingerprint density at radius 3 is 2.79 bits per heavy atom. The number of hydrogen-bond acceptors (Lipinski definition) is 6. The summed E-state index contributed by atoms with van der Waals surface area (Å²) in [5, 5.41) is 0.740. The van der Waals surface area contributed by atoms with Crippen molar-refractivity contribution in [3.8, 4) is 5.75 Å². The number of fused-ring (bicyclic) bond motifs is 1. The molecule has 3 heterocycles. The van der Waals surface area contributed by atoms with Gasteiger partial charge in [-0.1, -0.05) is 12.1 Å². The molecule has 1 aliphatic rings. The standard InChI is InChI=1S/C22H25N5O2/c1-29-16-8-5-15(6-9-16)7-12-20(28)27-13-3-2-4-19(27)18-11-10-17-21(23)24-14-25-22(17)26-18/h5-6,8-11,14,19H,2-4,7,12-13H2,1H3,(H2,23,24,25,26). The molecular weight excluding hydrogens is 366 g/mol. The molecule has 3 aromatic rings. The van der Waals surface area contributed by atoms with E-state index < -0.39 is 0 Å². The molecule has 2 N–H and O–H groups in total. The highest BCUT2D eigenvalue weighted by Gasteiger charge is 2.29. The van der Waals surface area contributed by atoms with Gasteiger partial charge in [-0.3, -0.25) is 4.79 Å². The number of rotatable bonds is 5. The van der Waals surface area contributed by atoms with E-state index in [4.69, 9.17) is 15.5 Å². The lowest BCUT2D eigenvalue weighted by molar-refractivity contribution is -0.135. The molecule has 0 radical (unpaired) electrons. The van der Waals surface area contributed by atoms with Crippen molar-refractivity contribution in [3.05, 3.63) is 54.0 Å². The normalized spacial score (nSPS) is 16.7.